The number of carbonyl (C=O) groups excluding carboxylic acids is 2. The largest absolute Gasteiger partial charge is 0.489 e. The van der Waals surface area contributed by atoms with E-state index in [1.807, 2.05) is 13.0 Å². The minimum absolute atomic E-state index is 0.0580. The fourth-order valence-corrected chi connectivity index (χ4v) is 3.48. The van der Waals surface area contributed by atoms with E-state index in [1.54, 1.807) is 0 Å². The van der Waals surface area contributed by atoms with Crippen LogP contribution in [0.3, 0.4) is 0 Å². The van der Waals surface area contributed by atoms with Gasteiger partial charge in [-0.3, -0.25) is 9.59 Å². The minimum Gasteiger partial charge on any atom is -0.489 e. The molecule has 0 saturated heterocycles. The number of ether oxygens (including phenoxy) is 1. The first kappa shape index (κ1) is 15.0. The SMILES string of the molecule is C=C1C(=O)C(=O)C2=C(OC(C)C2)/C1=C/C=C1/CCCCC1C. The molecule has 0 spiro atoms. The molecule has 116 valence electrons. The van der Waals surface area contributed by atoms with Gasteiger partial charge in [-0.15, -0.1) is 0 Å². The van der Waals surface area contributed by atoms with E-state index < -0.39 is 11.6 Å². The Balaban J connectivity index is 1.99. The van der Waals surface area contributed by atoms with Crippen LogP contribution in [0.1, 0.15) is 46.0 Å². The topological polar surface area (TPSA) is 43.4 Å². The third-order valence-electron chi connectivity index (χ3n) is 4.86. The Morgan fingerprint density at radius 2 is 1.91 bits per heavy atom. The molecule has 3 heteroatoms. The summed E-state index contributed by atoms with van der Waals surface area (Å²) in [6, 6.07) is 0. The molecule has 0 radical (unpaired) electrons. The van der Waals surface area contributed by atoms with Crippen LogP contribution < -0.4 is 0 Å². The Morgan fingerprint density at radius 1 is 1.14 bits per heavy atom. The second kappa shape index (κ2) is 5.71. The van der Waals surface area contributed by atoms with Crippen molar-refractivity contribution in [2.24, 2.45) is 5.92 Å². The standard InChI is InChI=1S/C19H22O3/c1-11-6-4-5-7-14(11)8-9-15-13(3)17(20)18(21)16-10-12(2)22-19(15)16/h8-9,11-12H,3-7,10H2,1-2H3/b14-8-,15-9+. The van der Waals surface area contributed by atoms with Crippen LogP contribution in [0.5, 0.6) is 0 Å². The van der Waals surface area contributed by atoms with Gasteiger partial charge in [-0.25, -0.2) is 0 Å². The summed E-state index contributed by atoms with van der Waals surface area (Å²) in [5.41, 5.74) is 2.88. The number of hydrogen-bond acceptors (Lipinski definition) is 3. The molecule has 0 N–H and O–H groups in total. The van der Waals surface area contributed by atoms with Crippen LogP contribution >= 0.6 is 0 Å². The maximum atomic E-state index is 12.1. The van der Waals surface area contributed by atoms with Crippen LogP contribution in [0.25, 0.3) is 0 Å². The molecule has 2 atom stereocenters. The summed E-state index contributed by atoms with van der Waals surface area (Å²) in [6.45, 7) is 7.97. The summed E-state index contributed by atoms with van der Waals surface area (Å²) in [4.78, 5) is 24.2. The lowest BCUT2D eigenvalue weighted by Crippen LogP contribution is -2.24. The summed E-state index contributed by atoms with van der Waals surface area (Å²) in [5, 5.41) is 0. The summed E-state index contributed by atoms with van der Waals surface area (Å²) in [6.07, 6.45) is 9.31. The molecule has 0 bridgehead atoms. The zero-order valence-electron chi connectivity index (χ0n) is 13.3. The predicted octanol–water partition coefficient (Wildman–Crippen LogP) is 3.82. The second-order valence-electron chi connectivity index (χ2n) is 6.55. The quantitative estimate of drug-likeness (QED) is 0.546. The van der Waals surface area contributed by atoms with Gasteiger partial charge >= 0.3 is 0 Å². The summed E-state index contributed by atoms with van der Waals surface area (Å²) >= 11 is 0. The van der Waals surface area contributed by atoms with Gasteiger partial charge in [0.25, 0.3) is 0 Å². The van der Waals surface area contributed by atoms with Gasteiger partial charge in [-0.2, -0.15) is 0 Å². The zero-order valence-corrected chi connectivity index (χ0v) is 13.3. The normalized spacial score (nSPS) is 32.7. The molecule has 3 rings (SSSR count). The number of ketones is 2. The third-order valence-corrected chi connectivity index (χ3v) is 4.86. The highest BCUT2D eigenvalue weighted by Crippen LogP contribution is 2.38. The molecule has 1 heterocycles. The van der Waals surface area contributed by atoms with E-state index in [0.29, 0.717) is 29.2 Å². The van der Waals surface area contributed by atoms with Crippen LogP contribution in [-0.4, -0.2) is 17.7 Å². The first-order valence-electron chi connectivity index (χ1n) is 8.08. The number of Topliss-reactive ketones (excluding diaryl/α,β-unsaturated/α-hetero) is 2. The van der Waals surface area contributed by atoms with Gasteiger partial charge in [0, 0.05) is 23.1 Å². The average Bonchev–Trinajstić information content (AvgIpc) is 2.88. The minimum atomic E-state index is -0.488. The van der Waals surface area contributed by atoms with Crippen LogP contribution in [0.4, 0.5) is 0 Å². The Hall–Kier alpha value is -1.90. The number of hydrogen-bond donors (Lipinski definition) is 0. The molecule has 3 aliphatic rings. The van der Waals surface area contributed by atoms with Gasteiger partial charge in [-0.1, -0.05) is 37.6 Å². The van der Waals surface area contributed by atoms with Crippen molar-refractivity contribution in [3.63, 3.8) is 0 Å². The first-order chi connectivity index (χ1) is 10.5. The Labute approximate surface area is 131 Å². The highest BCUT2D eigenvalue weighted by atomic mass is 16.5. The van der Waals surface area contributed by atoms with E-state index in [9.17, 15) is 9.59 Å². The van der Waals surface area contributed by atoms with Gasteiger partial charge in [0.2, 0.25) is 11.6 Å². The van der Waals surface area contributed by atoms with E-state index in [0.717, 1.165) is 6.42 Å². The van der Waals surface area contributed by atoms with Crippen LogP contribution in [-0.2, 0) is 14.3 Å². The molecule has 1 saturated carbocycles. The molecule has 2 unspecified atom stereocenters. The van der Waals surface area contributed by atoms with Gasteiger partial charge in [0.1, 0.15) is 11.9 Å². The smallest absolute Gasteiger partial charge is 0.233 e. The van der Waals surface area contributed by atoms with E-state index in [-0.39, 0.29) is 11.7 Å². The third kappa shape index (κ3) is 2.49. The molecule has 3 nitrogen and oxygen atoms in total. The van der Waals surface area contributed by atoms with Crippen molar-refractivity contribution in [2.45, 2.75) is 52.1 Å². The summed E-state index contributed by atoms with van der Waals surface area (Å²) in [5.74, 6) is 0.219. The summed E-state index contributed by atoms with van der Waals surface area (Å²) in [7, 11) is 0. The number of rotatable bonds is 1. The fourth-order valence-electron chi connectivity index (χ4n) is 3.48. The molecule has 0 aromatic carbocycles. The Kier molecular flexibility index (Phi) is 3.90. The highest BCUT2D eigenvalue weighted by molar-refractivity contribution is 6.51. The van der Waals surface area contributed by atoms with Crippen molar-refractivity contribution < 1.29 is 14.3 Å². The van der Waals surface area contributed by atoms with Gasteiger partial charge in [0.05, 0.1) is 0 Å². The van der Waals surface area contributed by atoms with Crippen LogP contribution in [0.15, 0.2) is 46.8 Å². The van der Waals surface area contributed by atoms with Crippen LogP contribution in [0, 0.1) is 5.92 Å². The molecule has 22 heavy (non-hydrogen) atoms. The molecule has 0 amide bonds. The zero-order chi connectivity index (χ0) is 15.9. The molecular weight excluding hydrogens is 276 g/mol. The van der Waals surface area contributed by atoms with Crippen molar-refractivity contribution in [2.75, 3.05) is 0 Å². The Morgan fingerprint density at radius 3 is 2.64 bits per heavy atom. The lowest BCUT2D eigenvalue weighted by Gasteiger charge is -2.22. The van der Waals surface area contributed by atoms with Crippen molar-refractivity contribution in [1.82, 2.24) is 0 Å². The highest BCUT2D eigenvalue weighted by Gasteiger charge is 2.39. The monoisotopic (exact) mass is 298 g/mol. The lowest BCUT2D eigenvalue weighted by molar-refractivity contribution is -0.132. The molecule has 1 aliphatic heterocycles. The van der Waals surface area contributed by atoms with Crippen LogP contribution in [0.2, 0.25) is 0 Å². The molecule has 1 fully saturated rings. The van der Waals surface area contributed by atoms with Gasteiger partial charge < -0.3 is 4.74 Å². The van der Waals surface area contributed by atoms with Gasteiger partial charge in [0.15, 0.2) is 0 Å². The Bertz CT molecular complexity index is 646. The molecule has 0 aromatic heterocycles. The van der Waals surface area contributed by atoms with E-state index >= 15 is 0 Å². The molecular formula is C19H22O3. The predicted molar refractivity (Wildman–Crippen MR) is 85.1 cm³/mol. The average molecular weight is 298 g/mol. The van der Waals surface area contributed by atoms with Crippen molar-refractivity contribution in [3.8, 4) is 0 Å². The molecule has 2 aliphatic carbocycles. The maximum Gasteiger partial charge on any atom is 0.233 e. The fraction of sp³-hybridized carbons (Fsp3) is 0.474. The number of allylic oxidation sites excluding steroid dienone is 4. The van der Waals surface area contributed by atoms with E-state index in [4.69, 9.17) is 4.74 Å². The molecule has 0 aromatic rings. The summed E-state index contributed by atoms with van der Waals surface area (Å²) < 4.78 is 5.78. The van der Waals surface area contributed by atoms with Crippen molar-refractivity contribution in [1.29, 1.82) is 0 Å². The maximum absolute atomic E-state index is 12.1. The second-order valence-corrected chi connectivity index (χ2v) is 6.55. The van der Waals surface area contributed by atoms with Gasteiger partial charge in [-0.05, 0) is 32.1 Å². The first-order valence-corrected chi connectivity index (χ1v) is 8.08. The van der Waals surface area contributed by atoms with Crippen molar-refractivity contribution in [3.05, 3.63) is 46.8 Å². The van der Waals surface area contributed by atoms with E-state index in [2.05, 4.69) is 19.6 Å². The lowest BCUT2D eigenvalue weighted by atomic mass is 9.83. The van der Waals surface area contributed by atoms with Crippen molar-refractivity contribution >= 4 is 11.6 Å². The van der Waals surface area contributed by atoms with E-state index in [1.165, 1.54) is 24.8 Å². The number of carbonyl (C=O) groups is 2.